The van der Waals surface area contributed by atoms with Gasteiger partial charge in [0.15, 0.2) is 11.9 Å². The SMILES string of the molecule is COCOc1ccc(CN2CCCN(c3nc4ccc(Cl)cc4s3)CC2)cc1C. The summed E-state index contributed by atoms with van der Waals surface area (Å²) >= 11 is 7.86. The van der Waals surface area contributed by atoms with Gasteiger partial charge in [0.05, 0.1) is 10.2 Å². The number of aryl methyl sites for hydroxylation is 1. The molecule has 2 aromatic carbocycles. The van der Waals surface area contributed by atoms with Gasteiger partial charge in [-0.1, -0.05) is 35.1 Å². The van der Waals surface area contributed by atoms with Gasteiger partial charge in [-0.05, 0) is 48.7 Å². The van der Waals surface area contributed by atoms with Crippen LogP contribution >= 0.6 is 22.9 Å². The van der Waals surface area contributed by atoms with Gasteiger partial charge in [-0.3, -0.25) is 4.90 Å². The highest BCUT2D eigenvalue weighted by Crippen LogP contribution is 2.31. The van der Waals surface area contributed by atoms with E-state index < -0.39 is 0 Å². The van der Waals surface area contributed by atoms with Gasteiger partial charge in [0, 0.05) is 44.9 Å². The Balaban J connectivity index is 1.39. The molecule has 0 bridgehead atoms. The molecular weight excluding hydrogens is 406 g/mol. The van der Waals surface area contributed by atoms with Crippen molar-refractivity contribution < 1.29 is 9.47 Å². The van der Waals surface area contributed by atoms with E-state index >= 15 is 0 Å². The van der Waals surface area contributed by atoms with Gasteiger partial charge in [-0.2, -0.15) is 0 Å². The van der Waals surface area contributed by atoms with Gasteiger partial charge in [-0.15, -0.1) is 0 Å². The lowest BCUT2D eigenvalue weighted by molar-refractivity contribution is 0.0506. The summed E-state index contributed by atoms with van der Waals surface area (Å²) in [5, 5.41) is 1.86. The minimum atomic E-state index is 0.278. The number of rotatable bonds is 6. The summed E-state index contributed by atoms with van der Waals surface area (Å²) in [4.78, 5) is 9.75. The van der Waals surface area contributed by atoms with E-state index in [-0.39, 0.29) is 6.79 Å². The standard InChI is InChI=1S/C22H26ClN3O2S/c1-16-12-17(4-7-20(16)28-15-27-2)14-25-8-3-9-26(11-10-25)22-24-19-6-5-18(23)13-21(19)29-22/h4-7,12-13H,3,8-11,14-15H2,1-2H3. The monoisotopic (exact) mass is 431 g/mol. The van der Waals surface area contributed by atoms with Crippen molar-refractivity contribution in [2.45, 2.75) is 19.9 Å². The first-order chi connectivity index (χ1) is 14.1. The molecule has 7 heteroatoms. The van der Waals surface area contributed by atoms with Crippen LogP contribution < -0.4 is 9.64 Å². The number of nitrogens with zero attached hydrogens (tertiary/aromatic N) is 3. The summed E-state index contributed by atoms with van der Waals surface area (Å²) in [6.07, 6.45) is 1.13. The van der Waals surface area contributed by atoms with Crippen molar-refractivity contribution in [2.75, 3.05) is 45.0 Å². The molecule has 2 heterocycles. The van der Waals surface area contributed by atoms with Crippen LogP contribution in [0.4, 0.5) is 5.13 Å². The third kappa shape index (κ3) is 5.01. The number of hydrogen-bond donors (Lipinski definition) is 0. The molecule has 1 aliphatic rings. The van der Waals surface area contributed by atoms with E-state index in [9.17, 15) is 0 Å². The quantitative estimate of drug-likeness (QED) is 0.516. The average Bonchev–Trinajstić information content (AvgIpc) is 2.98. The normalized spacial score (nSPS) is 15.6. The average molecular weight is 432 g/mol. The van der Waals surface area contributed by atoms with Crippen LogP contribution in [0, 0.1) is 6.92 Å². The number of methoxy groups -OCH3 is 1. The Kier molecular flexibility index (Phi) is 6.55. The van der Waals surface area contributed by atoms with Crippen molar-refractivity contribution in [3.05, 3.63) is 52.5 Å². The van der Waals surface area contributed by atoms with Crippen LogP contribution in [0.5, 0.6) is 5.75 Å². The van der Waals surface area contributed by atoms with Crippen molar-refractivity contribution in [1.29, 1.82) is 0 Å². The van der Waals surface area contributed by atoms with Gasteiger partial charge in [0.25, 0.3) is 0 Å². The lowest BCUT2D eigenvalue weighted by Gasteiger charge is -2.22. The maximum Gasteiger partial charge on any atom is 0.188 e. The molecule has 1 aliphatic heterocycles. The Morgan fingerprint density at radius 3 is 2.83 bits per heavy atom. The van der Waals surface area contributed by atoms with Gasteiger partial charge in [-0.25, -0.2) is 4.98 Å². The highest BCUT2D eigenvalue weighted by Gasteiger charge is 2.18. The van der Waals surface area contributed by atoms with E-state index in [0.29, 0.717) is 0 Å². The van der Waals surface area contributed by atoms with E-state index in [4.69, 9.17) is 26.1 Å². The molecule has 4 rings (SSSR count). The Hall–Kier alpha value is -1.86. The molecule has 1 fully saturated rings. The number of aromatic nitrogens is 1. The summed E-state index contributed by atoms with van der Waals surface area (Å²) in [7, 11) is 1.63. The molecule has 0 radical (unpaired) electrons. The Morgan fingerprint density at radius 2 is 2.00 bits per heavy atom. The third-order valence-corrected chi connectivity index (χ3v) is 6.49. The molecule has 3 aromatic rings. The third-order valence-electron chi connectivity index (χ3n) is 5.18. The fraction of sp³-hybridized carbons (Fsp3) is 0.409. The molecule has 5 nitrogen and oxygen atoms in total. The largest absolute Gasteiger partial charge is 0.467 e. The summed E-state index contributed by atoms with van der Waals surface area (Å²) in [6.45, 7) is 7.45. The highest BCUT2D eigenvalue weighted by atomic mass is 35.5. The summed E-state index contributed by atoms with van der Waals surface area (Å²) in [5.74, 6) is 0.883. The van der Waals surface area contributed by atoms with E-state index in [0.717, 1.165) is 70.8 Å². The second kappa shape index (κ2) is 9.30. The summed E-state index contributed by atoms with van der Waals surface area (Å²) in [5.41, 5.74) is 3.49. The Morgan fingerprint density at radius 1 is 1.10 bits per heavy atom. The number of fused-ring (bicyclic) bond motifs is 1. The number of anilines is 1. The van der Waals surface area contributed by atoms with Crippen LogP contribution in [0.15, 0.2) is 36.4 Å². The highest BCUT2D eigenvalue weighted by molar-refractivity contribution is 7.22. The first-order valence-corrected chi connectivity index (χ1v) is 11.1. The van der Waals surface area contributed by atoms with Crippen LogP contribution in [-0.2, 0) is 11.3 Å². The van der Waals surface area contributed by atoms with E-state index in [1.807, 2.05) is 24.3 Å². The number of thiazole rings is 1. The van der Waals surface area contributed by atoms with Crippen molar-refractivity contribution >= 4 is 38.3 Å². The molecule has 1 saturated heterocycles. The molecule has 29 heavy (non-hydrogen) atoms. The minimum Gasteiger partial charge on any atom is -0.467 e. The number of halogens is 1. The van der Waals surface area contributed by atoms with E-state index in [1.54, 1.807) is 18.4 Å². The topological polar surface area (TPSA) is 37.8 Å². The molecule has 0 spiro atoms. The van der Waals surface area contributed by atoms with Crippen LogP contribution in [0.1, 0.15) is 17.5 Å². The number of benzene rings is 2. The maximum atomic E-state index is 6.13. The molecule has 0 aliphatic carbocycles. The molecule has 1 aromatic heterocycles. The zero-order valence-electron chi connectivity index (χ0n) is 16.9. The first kappa shape index (κ1) is 20.4. The molecule has 0 unspecified atom stereocenters. The van der Waals surface area contributed by atoms with Gasteiger partial charge >= 0.3 is 0 Å². The zero-order valence-corrected chi connectivity index (χ0v) is 18.4. The summed E-state index contributed by atoms with van der Waals surface area (Å²) in [6, 6.07) is 12.3. The fourth-order valence-corrected chi connectivity index (χ4v) is 4.99. The molecule has 154 valence electrons. The second-order valence-corrected chi connectivity index (χ2v) is 8.82. The van der Waals surface area contributed by atoms with Gasteiger partial charge in [0.1, 0.15) is 5.75 Å². The van der Waals surface area contributed by atoms with Crippen LogP contribution in [0.2, 0.25) is 5.02 Å². The molecule has 0 saturated carbocycles. The minimum absolute atomic E-state index is 0.278. The van der Waals surface area contributed by atoms with Gasteiger partial charge in [0.2, 0.25) is 0 Å². The van der Waals surface area contributed by atoms with Crippen molar-refractivity contribution in [2.24, 2.45) is 0 Å². The van der Waals surface area contributed by atoms with Crippen LogP contribution in [0.25, 0.3) is 10.2 Å². The summed E-state index contributed by atoms with van der Waals surface area (Å²) < 4.78 is 11.7. The van der Waals surface area contributed by atoms with Crippen LogP contribution in [-0.4, -0.2) is 50.0 Å². The predicted molar refractivity (Wildman–Crippen MR) is 120 cm³/mol. The fourth-order valence-electron chi connectivity index (χ4n) is 3.69. The molecule has 0 atom stereocenters. The van der Waals surface area contributed by atoms with Crippen molar-refractivity contribution in [3.63, 3.8) is 0 Å². The van der Waals surface area contributed by atoms with Crippen molar-refractivity contribution in [3.8, 4) is 5.75 Å². The van der Waals surface area contributed by atoms with Crippen LogP contribution in [0.3, 0.4) is 0 Å². The zero-order chi connectivity index (χ0) is 20.2. The molecular formula is C22H26ClN3O2S. The van der Waals surface area contributed by atoms with Gasteiger partial charge < -0.3 is 14.4 Å². The number of hydrogen-bond acceptors (Lipinski definition) is 6. The van der Waals surface area contributed by atoms with E-state index in [1.165, 1.54) is 5.56 Å². The van der Waals surface area contributed by atoms with E-state index in [2.05, 4.69) is 28.9 Å². The maximum absolute atomic E-state index is 6.13. The molecule has 0 amide bonds. The van der Waals surface area contributed by atoms with Crippen molar-refractivity contribution in [1.82, 2.24) is 9.88 Å². The Labute approximate surface area is 180 Å². The first-order valence-electron chi connectivity index (χ1n) is 9.87. The number of ether oxygens (including phenoxy) is 2. The second-order valence-electron chi connectivity index (χ2n) is 7.38. The molecule has 0 N–H and O–H groups in total. The smallest absolute Gasteiger partial charge is 0.188 e. The predicted octanol–water partition coefficient (Wildman–Crippen LogP) is 4.95. The Bertz CT molecular complexity index is 978. The lowest BCUT2D eigenvalue weighted by atomic mass is 10.1. The lowest BCUT2D eigenvalue weighted by Crippen LogP contribution is -2.30.